The van der Waals surface area contributed by atoms with Crippen LogP contribution in [0.4, 0.5) is 30.7 Å². The van der Waals surface area contributed by atoms with Crippen LogP contribution >= 0.6 is 0 Å². The second kappa shape index (κ2) is 10.5. The molecular formula is C25H28F7NO4S. The lowest BCUT2D eigenvalue weighted by molar-refractivity contribution is -0.257. The minimum atomic E-state index is -6.24. The quantitative estimate of drug-likeness (QED) is 0.122. The van der Waals surface area contributed by atoms with Crippen molar-refractivity contribution in [1.29, 1.82) is 0 Å². The molecule has 0 N–H and O–H groups in total. The molecule has 1 heterocycles. The Bertz CT molecular complexity index is 1140. The number of allylic oxidation sites excluding steroid dienone is 2. The summed E-state index contributed by atoms with van der Waals surface area (Å²) < 4.78 is 129. The number of rotatable bonds is 8. The van der Waals surface area contributed by atoms with Gasteiger partial charge in [-0.3, -0.25) is 0 Å². The molecule has 1 aliphatic heterocycles. The SMILES string of the molecule is O=S(=O)(OC1(OCC2CCN(CC3(C(F)(F)F)CCC3)CC2)C=CC(c2ccccc2)C=C1F)C(F)(F)F. The van der Waals surface area contributed by atoms with Gasteiger partial charge < -0.3 is 9.64 Å². The molecule has 2 atom stereocenters. The largest absolute Gasteiger partial charge is 0.523 e. The van der Waals surface area contributed by atoms with Crippen molar-refractivity contribution < 1.29 is 48.1 Å². The highest BCUT2D eigenvalue weighted by molar-refractivity contribution is 7.87. The molecule has 2 unspecified atom stereocenters. The van der Waals surface area contributed by atoms with Crippen molar-refractivity contribution in [2.24, 2.45) is 11.3 Å². The van der Waals surface area contributed by atoms with Crippen molar-refractivity contribution in [3.05, 3.63) is 60.0 Å². The number of piperidine rings is 1. The number of likely N-dealkylation sites (tertiary alicyclic amines) is 1. The van der Waals surface area contributed by atoms with E-state index < -0.39 is 44.7 Å². The highest BCUT2D eigenvalue weighted by Crippen LogP contribution is 2.53. The Kier molecular flexibility index (Phi) is 8.06. The molecule has 0 spiro atoms. The van der Waals surface area contributed by atoms with E-state index in [-0.39, 0.29) is 31.9 Å². The maximum absolute atomic E-state index is 15.3. The topological polar surface area (TPSA) is 55.8 Å². The Labute approximate surface area is 216 Å². The van der Waals surface area contributed by atoms with Crippen molar-refractivity contribution in [3.63, 3.8) is 0 Å². The number of hydrogen-bond acceptors (Lipinski definition) is 5. The molecule has 0 bridgehead atoms. The van der Waals surface area contributed by atoms with Gasteiger partial charge in [0.05, 0.1) is 12.0 Å². The summed E-state index contributed by atoms with van der Waals surface area (Å²) in [5, 5.41) is 0. The molecule has 13 heteroatoms. The molecule has 2 fully saturated rings. The van der Waals surface area contributed by atoms with E-state index in [1.165, 1.54) is 6.08 Å². The second-order valence-electron chi connectivity index (χ2n) is 10.1. The normalized spacial score (nSPS) is 27.1. The third kappa shape index (κ3) is 5.95. The van der Waals surface area contributed by atoms with Crippen molar-refractivity contribution in [2.45, 2.75) is 55.5 Å². The van der Waals surface area contributed by atoms with Gasteiger partial charge in [-0.15, -0.1) is 0 Å². The first-order chi connectivity index (χ1) is 17.7. The zero-order chi connectivity index (χ0) is 27.8. The first-order valence-corrected chi connectivity index (χ1v) is 13.6. The molecule has 2 aliphatic carbocycles. The van der Waals surface area contributed by atoms with E-state index in [0.717, 1.165) is 12.2 Å². The number of ether oxygens (including phenoxy) is 1. The van der Waals surface area contributed by atoms with Gasteiger partial charge in [-0.05, 0) is 62.4 Å². The molecule has 3 aliphatic rings. The minimum Gasteiger partial charge on any atom is -0.340 e. The van der Waals surface area contributed by atoms with Crippen LogP contribution in [0.15, 0.2) is 54.4 Å². The molecule has 1 aromatic carbocycles. The molecule has 0 aromatic heterocycles. The summed E-state index contributed by atoms with van der Waals surface area (Å²) in [5.74, 6) is -5.34. The van der Waals surface area contributed by atoms with Crippen LogP contribution in [0.2, 0.25) is 0 Å². The molecule has 1 saturated heterocycles. The van der Waals surface area contributed by atoms with Gasteiger partial charge >= 0.3 is 21.8 Å². The Morgan fingerprint density at radius 2 is 1.63 bits per heavy atom. The van der Waals surface area contributed by atoms with Crippen LogP contribution in [0.1, 0.15) is 43.6 Å². The predicted octanol–water partition coefficient (Wildman–Crippen LogP) is 6.22. The van der Waals surface area contributed by atoms with E-state index in [0.29, 0.717) is 37.9 Å². The van der Waals surface area contributed by atoms with Gasteiger partial charge in [0.2, 0.25) is 0 Å². The standard InChI is InChI=1S/C25H28F7NO4S/c26-21-15-20(19-5-2-1-3-6-19)7-12-23(21,37-38(34,35)25(30,31)32)36-16-18-8-13-33(14-9-18)17-22(10-4-11-22)24(27,28)29/h1-3,5-7,12,15,18,20H,4,8-11,13-14,16-17H2. The van der Waals surface area contributed by atoms with E-state index in [4.69, 9.17) is 4.74 Å². The van der Waals surface area contributed by atoms with Crippen molar-refractivity contribution in [2.75, 3.05) is 26.2 Å². The van der Waals surface area contributed by atoms with Gasteiger partial charge in [0.1, 0.15) is 0 Å². The summed E-state index contributed by atoms with van der Waals surface area (Å²) in [5.41, 5.74) is -6.91. The summed E-state index contributed by atoms with van der Waals surface area (Å²) in [6, 6.07) is 8.43. The first kappa shape index (κ1) is 29.0. The number of nitrogens with zero attached hydrogens (tertiary/aromatic N) is 1. The summed E-state index contributed by atoms with van der Waals surface area (Å²) >= 11 is 0. The van der Waals surface area contributed by atoms with Crippen LogP contribution in [0.5, 0.6) is 0 Å². The lowest BCUT2D eigenvalue weighted by Gasteiger charge is -2.47. The van der Waals surface area contributed by atoms with E-state index in [1.807, 2.05) is 0 Å². The molecule has 5 nitrogen and oxygen atoms in total. The number of halogens is 7. The highest BCUT2D eigenvalue weighted by Gasteiger charge is 2.59. The fraction of sp³-hybridized carbons (Fsp3) is 0.600. The molecule has 1 saturated carbocycles. The Hall–Kier alpha value is -1.96. The van der Waals surface area contributed by atoms with E-state index >= 15 is 4.39 Å². The predicted molar refractivity (Wildman–Crippen MR) is 124 cm³/mol. The van der Waals surface area contributed by atoms with Crippen molar-refractivity contribution in [3.8, 4) is 0 Å². The third-order valence-corrected chi connectivity index (χ3v) is 8.60. The van der Waals surface area contributed by atoms with Crippen LogP contribution in [0, 0.1) is 11.3 Å². The van der Waals surface area contributed by atoms with Gasteiger partial charge in [0.15, 0.2) is 5.83 Å². The van der Waals surface area contributed by atoms with Crippen molar-refractivity contribution >= 4 is 10.1 Å². The molecule has 212 valence electrons. The zero-order valence-electron chi connectivity index (χ0n) is 20.3. The van der Waals surface area contributed by atoms with Gasteiger partial charge in [-0.25, -0.2) is 8.57 Å². The average Bonchev–Trinajstić information content (AvgIpc) is 2.81. The first-order valence-electron chi connectivity index (χ1n) is 12.2. The van der Waals surface area contributed by atoms with Crippen LogP contribution in [0.25, 0.3) is 0 Å². The molecule has 1 aromatic rings. The summed E-state index contributed by atoms with van der Waals surface area (Å²) in [6.45, 7) is 0.116. The van der Waals surface area contributed by atoms with Crippen LogP contribution in [-0.2, 0) is 19.0 Å². The van der Waals surface area contributed by atoms with E-state index in [9.17, 15) is 34.8 Å². The Morgan fingerprint density at radius 1 is 1.00 bits per heavy atom. The maximum atomic E-state index is 15.3. The monoisotopic (exact) mass is 571 g/mol. The third-order valence-electron chi connectivity index (χ3n) is 7.56. The number of benzene rings is 1. The molecule has 4 rings (SSSR count). The number of hydrogen-bond donors (Lipinski definition) is 0. The van der Waals surface area contributed by atoms with Gasteiger partial charge in [0.25, 0.3) is 5.79 Å². The Morgan fingerprint density at radius 3 is 2.13 bits per heavy atom. The molecular weight excluding hydrogens is 543 g/mol. The molecule has 0 radical (unpaired) electrons. The summed E-state index contributed by atoms with van der Waals surface area (Å²) in [7, 11) is -6.24. The fourth-order valence-corrected chi connectivity index (χ4v) is 5.66. The van der Waals surface area contributed by atoms with Gasteiger partial charge in [0, 0.05) is 12.5 Å². The minimum absolute atomic E-state index is 0.0784. The van der Waals surface area contributed by atoms with E-state index in [1.54, 1.807) is 35.2 Å². The van der Waals surface area contributed by atoms with Crippen LogP contribution < -0.4 is 0 Å². The summed E-state index contributed by atoms with van der Waals surface area (Å²) in [6.07, 6.45) is 0.112. The smallest absolute Gasteiger partial charge is 0.340 e. The average molecular weight is 572 g/mol. The van der Waals surface area contributed by atoms with E-state index in [2.05, 4.69) is 4.18 Å². The van der Waals surface area contributed by atoms with Gasteiger partial charge in [-0.2, -0.15) is 34.8 Å². The van der Waals surface area contributed by atoms with Crippen LogP contribution in [0.3, 0.4) is 0 Å². The van der Waals surface area contributed by atoms with Crippen LogP contribution in [-0.4, -0.2) is 57.0 Å². The fourth-order valence-electron chi connectivity index (χ4n) is 5.06. The zero-order valence-corrected chi connectivity index (χ0v) is 21.1. The van der Waals surface area contributed by atoms with Gasteiger partial charge in [-0.1, -0.05) is 42.8 Å². The van der Waals surface area contributed by atoms with Crippen molar-refractivity contribution in [1.82, 2.24) is 4.90 Å². The highest BCUT2D eigenvalue weighted by atomic mass is 32.2. The maximum Gasteiger partial charge on any atom is 0.523 e. The Balaban J connectivity index is 1.44. The lowest BCUT2D eigenvalue weighted by Crippen LogP contribution is -2.53. The molecule has 0 amide bonds. The lowest BCUT2D eigenvalue weighted by atomic mass is 9.67. The number of alkyl halides is 6. The summed E-state index contributed by atoms with van der Waals surface area (Å²) in [4.78, 5) is 1.70. The molecule has 38 heavy (non-hydrogen) atoms. The second-order valence-corrected chi connectivity index (χ2v) is 11.7.